The molecule has 0 saturated carbocycles. The van der Waals surface area contributed by atoms with Crippen molar-refractivity contribution >= 4 is 30.2 Å². The molecule has 4 N–H and O–H groups in total. The predicted octanol–water partition coefficient (Wildman–Crippen LogP) is 5.57. The third kappa shape index (κ3) is 5.94. The fraction of sp³-hybridized carbons (Fsp3) is 0.0645. The Morgan fingerprint density at radius 2 is 0.833 bits per heavy atom. The van der Waals surface area contributed by atoms with Crippen LogP contribution < -0.4 is 9.47 Å². The van der Waals surface area contributed by atoms with Crippen LogP contribution in [0, 0.1) is 0 Å². The molecule has 4 aromatic rings. The number of hydrogen-bond donors (Lipinski definition) is 4. The summed E-state index contributed by atoms with van der Waals surface area (Å²) in [5.41, 5.74) is -1.44. The van der Waals surface area contributed by atoms with E-state index >= 15 is 0 Å². The number of hydrogen-bond acceptors (Lipinski definition) is 7. The van der Waals surface area contributed by atoms with Crippen LogP contribution in [-0.2, 0) is 10.2 Å². The quantitative estimate of drug-likeness (QED) is 0.165. The van der Waals surface area contributed by atoms with E-state index in [1.54, 1.807) is 55.5 Å². The Labute approximate surface area is 237 Å². The molecule has 0 atom stereocenters. The first kappa shape index (κ1) is 29.0. The van der Waals surface area contributed by atoms with Gasteiger partial charge < -0.3 is 34.7 Å². The van der Waals surface area contributed by atoms with Gasteiger partial charge in [-0.3, -0.25) is 0 Å². The number of rotatable bonds is 11. The van der Waals surface area contributed by atoms with E-state index < -0.39 is 40.4 Å². The van der Waals surface area contributed by atoms with Gasteiger partial charge in [0.15, 0.2) is 0 Å². The highest BCUT2D eigenvalue weighted by Crippen LogP contribution is 2.34. The van der Waals surface area contributed by atoms with Crippen LogP contribution in [0.3, 0.4) is 0 Å². The molecule has 4 rings (SSSR count). The van der Waals surface area contributed by atoms with E-state index in [9.17, 15) is 44.4 Å². The molecule has 0 aliphatic carbocycles. The van der Waals surface area contributed by atoms with Gasteiger partial charge in [0, 0.05) is 0 Å². The lowest BCUT2D eigenvalue weighted by molar-refractivity contribution is -0.111. The minimum Gasteiger partial charge on any atom is -0.478 e. The molecule has 0 unspecified atom stereocenters. The molecule has 0 spiro atoms. The first-order valence-electron chi connectivity index (χ1n) is 12.2. The van der Waals surface area contributed by atoms with Gasteiger partial charge in [-0.25, -0.2) is 19.2 Å². The number of aldehydes is 1. The SMILES string of the molecule is CC(C=O)(c1ccc(Oc2ccc(C(=O)O)c(C(=O)O)c2)cc1)c1ccc(Oc2ccc(C(=O)O)c(C(=O)O)c2)cc1. The van der Waals surface area contributed by atoms with Crippen molar-refractivity contribution < 1.29 is 53.9 Å². The van der Waals surface area contributed by atoms with E-state index in [2.05, 4.69) is 0 Å². The smallest absolute Gasteiger partial charge is 0.336 e. The summed E-state index contributed by atoms with van der Waals surface area (Å²) in [6.07, 6.45) is 0.770. The summed E-state index contributed by atoms with van der Waals surface area (Å²) >= 11 is 0. The van der Waals surface area contributed by atoms with Gasteiger partial charge >= 0.3 is 23.9 Å². The van der Waals surface area contributed by atoms with Crippen molar-refractivity contribution in [3.8, 4) is 23.0 Å². The predicted molar refractivity (Wildman–Crippen MR) is 146 cm³/mol. The molecule has 0 fully saturated rings. The number of carbonyl (C=O) groups excluding carboxylic acids is 1. The molecule has 0 aromatic heterocycles. The Morgan fingerprint density at radius 3 is 1.12 bits per heavy atom. The van der Waals surface area contributed by atoms with Crippen LogP contribution in [0.5, 0.6) is 23.0 Å². The molecule has 0 heterocycles. The minimum absolute atomic E-state index is 0.118. The Kier molecular flexibility index (Phi) is 8.04. The van der Waals surface area contributed by atoms with Crippen molar-refractivity contribution in [3.63, 3.8) is 0 Å². The number of ether oxygens (including phenoxy) is 2. The molecule has 11 nitrogen and oxygen atoms in total. The van der Waals surface area contributed by atoms with E-state index in [0.717, 1.165) is 30.6 Å². The van der Waals surface area contributed by atoms with E-state index in [4.69, 9.17) is 9.47 Å². The molecule has 0 bridgehead atoms. The lowest BCUT2D eigenvalue weighted by Gasteiger charge is -2.25. The van der Waals surface area contributed by atoms with Crippen LogP contribution in [0.4, 0.5) is 0 Å². The average Bonchev–Trinajstić information content (AvgIpc) is 2.97. The Morgan fingerprint density at radius 1 is 0.524 bits per heavy atom. The van der Waals surface area contributed by atoms with E-state index in [1.807, 2.05) is 0 Å². The van der Waals surface area contributed by atoms with Crippen molar-refractivity contribution in [2.75, 3.05) is 0 Å². The number of carboxylic acid groups (broad SMARTS) is 4. The summed E-state index contributed by atoms with van der Waals surface area (Å²) in [4.78, 5) is 57.7. The van der Waals surface area contributed by atoms with Crippen LogP contribution in [0.2, 0.25) is 0 Å². The largest absolute Gasteiger partial charge is 0.478 e. The lowest BCUT2D eigenvalue weighted by atomic mass is 9.77. The van der Waals surface area contributed by atoms with Crippen molar-refractivity contribution in [1.82, 2.24) is 0 Å². The van der Waals surface area contributed by atoms with Gasteiger partial charge in [-0.1, -0.05) is 24.3 Å². The summed E-state index contributed by atoms with van der Waals surface area (Å²) in [5, 5.41) is 37.0. The molecule has 0 aliphatic rings. The monoisotopic (exact) mass is 570 g/mol. The summed E-state index contributed by atoms with van der Waals surface area (Å²) < 4.78 is 11.4. The van der Waals surface area contributed by atoms with Gasteiger partial charge in [0.05, 0.1) is 27.7 Å². The zero-order valence-corrected chi connectivity index (χ0v) is 21.8. The van der Waals surface area contributed by atoms with Crippen molar-refractivity contribution in [3.05, 3.63) is 118 Å². The maximum Gasteiger partial charge on any atom is 0.336 e. The highest BCUT2D eigenvalue weighted by Gasteiger charge is 2.29. The van der Waals surface area contributed by atoms with Gasteiger partial charge in [-0.15, -0.1) is 0 Å². The van der Waals surface area contributed by atoms with Crippen LogP contribution >= 0.6 is 0 Å². The van der Waals surface area contributed by atoms with Crippen molar-refractivity contribution in [1.29, 1.82) is 0 Å². The lowest BCUT2D eigenvalue weighted by Crippen LogP contribution is -2.25. The molecule has 212 valence electrons. The summed E-state index contributed by atoms with van der Waals surface area (Å²) in [7, 11) is 0. The second kappa shape index (κ2) is 11.6. The maximum atomic E-state index is 12.3. The standard InChI is InChI=1S/C31H22O11/c1-31(16-32,17-2-6-19(7-3-17)41-21-10-12-23(27(33)34)25(14-21)29(37)38)18-4-8-20(9-5-18)42-22-11-13-24(28(35)36)26(15-22)30(39)40/h2-16H,1H3,(H,33,34)(H,35,36)(H,37,38)(H,39,40). The molecule has 0 radical (unpaired) electrons. The summed E-state index contributed by atoms with van der Waals surface area (Å²) in [5.74, 6) is -4.69. The molecular weight excluding hydrogens is 548 g/mol. The Bertz CT molecular complexity index is 1580. The summed E-state index contributed by atoms with van der Waals surface area (Å²) in [6, 6.07) is 20.2. The zero-order valence-electron chi connectivity index (χ0n) is 21.8. The third-order valence-electron chi connectivity index (χ3n) is 6.52. The number of carbonyl (C=O) groups is 5. The zero-order chi connectivity index (χ0) is 30.6. The second-order valence-corrected chi connectivity index (χ2v) is 9.21. The molecule has 0 aliphatic heterocycles. The fourth-order valence-corrected chi connectivity index (χ4v) is 4.21. The van der Waals surface area contributed by atoms with Crippen LogP contribution in [0.25, 0.3) is 0 Å². The highest BCUT2D eigenvalue weighted by atomic mass is 16.5. The average molecular weight is 571 g/mol. The van der Waals surface area contributed by atoms with Crippen LogP contribution in [0.15, 0.2) is 84.9 Å². The normalized spacial score (nSPS) is 10.9. The number of benzene rings is 4. The topological polar surface area (TPSA) is 185 Å². The molecule has 4 aromatic carbocycles. The van der Waals surface area contributed by atoms with Gasteiger partial charge in [-0.05, 0) is 78.7 Å². The highest BCUT2D eigenvalue weighted by molar-refractivity contribution is 6.02. The van der Waals surface area contributed by atoms with E-state index in [1.165, 1.54) is 12.1 Å². The van der Waals surface area contributed by atoms with Crippen molar-refractivity contribution in [2.45, 2.75) is 12.3 Å². The molecule has 0 amide bonds. The second-order valence-electron chi connectivity index (χ2n) is 9.21. The van der Waals surface area contributed by atoms with Gasteiger partial charge in [0.25, 0.3) is 0 Å². The van der Waals surface area contributed by atoms with Crippen molar-refractivity contribution in [2.24, 2.45) is 0 Å². The molecule has 0 saturated heterocycles. The third-order valence-corrected chi connectivity index (χ3v) is 6.52. The summed E-state index contributed by atoms with van der Waals surface area (Å²) in [6.45, 7) is 1.71. The van der Waals surface area contributed by atoms with Gasteiger partial charge in [0.1, 0.15) is 29.3 Å². The first-order chi connectivity index (χ1) is 19.9. The number of carboxylic acids is 4. The maximum absolute atomic E-state index is 12.3. The Hall–Kier alpha value is -5.97. The van der Waals surface area contributed by atoms with E-state index in [-0.39, 0.29) is 22.6 Å². The minimum atomic E-state index is -1.41. The molecule has 11 heteroatoms. The fourth-order valence-electron chi connectivity index (χ4n) is 4.21. The van der Waals surface area contributed by atoms with E-state index in [0.29, 0.717) is 22.6 Å². The molecule has 42 heavy (non-hydrogen) atoms. The first-order valence-corrected chi connectivity index (χ1v) is 12.2. The Balaban J connectivity index is 1.53. The van der Waals surface area contributed by atoms with Gasteiger partial charge in [-0.2, -0.15) is 0 Å². The van der Waals surface area contributed by atoms with Gasteiger partial charge in [0.2, 0.25) is 0 Å². The number of aromatic carboxylic acids is 4. The molecular formula is C31H22O11. The van der Waals surface area contributed by atoms with Crippen LogP contribution in [-0.4, -0.2) is 50.6 Å². The van der Waals surface area contributed by atoms with Crippen LogP contribution in [0.1, 0.15) is 59.5 Å².